The maximum atomic E-state index is 13.7. The van der Waals surface area contributed by atoms with Gasteiger partial charge < -0.3 is 5.32 Å². The highest BCUT2D eigenvalue weighted by Gasteiger charge is 2.27. The Morgan fingerprint density at radius 3 is 2.20 bits per heavy atom. The van der Waals surface area contributed by atoms with Crippen molar-refractivity contribution < 1.29 is 26.7 Å². The fourth-order valence-corrected chi connectivity index (χ4v) is 3.99. The van der Waals surface area contributed by atoms with Crippen molar-refractivity contribution in [3.05, 3.63) is 70.0 Å². The van der Waals surface area contributed by atoms with Crippen molar-refractivity contribution in [2.45, 2.75) is 16.5 Å². The molecule has 2 aromatic carbocycles. The lowest BCUT2D eigenvalue weighted by atomic mass is 10.1. The van der Waals surface area contributed by atoms with Gasteiger partial charge in [0, 0.05) is 11.3 Å². The summed E-state index contributed by atoms with van der Waals surface area (Å²) >= 11 is 2.28. The Balaban J connectivity index is 1.62. The number of carbonyl (C=O) groups excluding carboxylic acids is 1. The first-order chi connectivity index (χ1) is 14.3. The Kier molecular flexibility index (Phi) is 6.63. The molecule has 0 radical (unpaired) electrons. The van der Waals surface area contributed by atoms with Crippen LogP contribution in [0.5, 0.6) is 0 Å². The number of amides is 1. The summed E-state index contributed by atoms with van der Waals surface area (Å²) < 4.78 is 67.3. The molecule has 3 aromatic rings. The molecule has 3 rings (SSSR count). The van der Waals surface area contributed by atoms with E-state index in [9.17, 15) is 26.7 Å². The van der Waals surface area contributed by atoms with Gasteiger partial charge in [0.15, 0.2) is 27.6 Å². The minimum Gasteiger partial charge on any atom is -0.300 e. The van der Waals surface area contributed by atoms with Gasteiger partial charge in [-0.05, 0) is 17.7 Å². The average Bonchev–Trinajstić information content (AvgIpc) is 3.20. The van der Waals surface area contributed by atoms with Crippen molar-refractivity contribution in [2.75, 3.05) is 5.32 Å². The number of nitrogens with zero attached hydrogens (tertiary/aromatic N) is 3. The van der Waals surface area contributed by atoms with Crippen LogP contribution in [-0.4, -0.2) is 16.1 Å². The van der Waals surface area contributed by atoms with Crippen molar-refractivity contribution in [3.8, 4) is 6.07 Å². The Labute approximate surface area is 174 Å². The van der Waals surface area contributed by atoms with E-state index in [4.69, 9.17) is 5.26 Å². The summed E-state index contributed by atoms with van der Waals surface area (Å²) in [6.07, 6.45) is -1.07. The highest BCUT2D eigenvalue weighted by molar-refractivity contribution is 8.00. The number of benzene rings is 2. The topological polar surface area (TPSA) is 78.7 Å². The minimum absolute atomic E-state index is 0.00574. The van der Waals surface area contributed by atoms with Crippen molar-refractivity contribution in [3.63, 3.8) is 0 Å². The Morgan fingerprint density at radius 2 is 1.60 bits per heavy atom. The lowest BCUT2D eigenvalue weighted by molar-refractivity contribution is -0.115. The summed E-state index contributed by atoms with van der Waals surface area (Å²) in [6, 6.07) is 8.90. The van der Waals surface area contributed by atoms with E-state index >= 15 is 0 Å². The van der Waals surface area contributed by atoms with Crippen molar-refractivity contribution in [2.24, 2.45) is 0 Å². The molecule has 0 saturated carbocycles. The first kappa shape index (κ1) is 21.7. The van der Waals surface area contributed by atoms with Gasteiger partial charge in [-0.1, -0.05) is 35.2 Å². The summed E-state index contributed by atoms with van der Waals surface area (Å²) in [7, 11) is 0. The molecule has 0 unspecified atom stereocenters. The second-order valence-electron chi connectivity index (χ2n) is 5.74. The number of nitrogens with one attached hydrogen (secondary N) is 1. The van der Waals surface area contributed by atoms with Gasteiger partial charge in [-0.3, -0.25) is 4.79 Å². The quantitative estimate of drug-likeness (QED) is 0.193. The van der Waals surface area contributed by atoms with Crippen LogP contribution < -0.4 is 5.32 Å². The van der Waals surface area contributed by atoms with Gasteiger partial charge in [-0.2, -0.15) is 5.26 Å². The van der Waals surface area contributed by atoms with Gasteiger partial charge in [0.05, 0.1) is 18.1 Å². The zero-order chi connectivity index (χ0) is 21.8. The molecule has 0 spiro atoms. The summed E-state index contributed by atoms with van der Waals surface area (Å²) in [4.78, 5) is 12.0. The predicted molar refractivity (Wildman–Crippen MR) is 99.2 cm³/mol. The third-order valence-corrected chi connectivity index (χ3v) is 5.78. The number of anilines is 1. The zero-order valence-corrected chi connectivity index (χ0v) is 16.3. The van der Waals surface area contributed by atoms with Crippen molar-refractivity contribution in [1.29, 1.82) is 5.26 Å². The van der Waals surface area contributed by atoms with Crippen LogP contribution in [0.2, 0.25) is 0 Å². The second kappa shape index (κ2) is 9.19. The number of halogens is 5. The van der Waals surface area contributed by atoms with Crippen LogP contribution in [-0.2, 0) is 17.0 Å². The Morgan fingerprint density at radius 1 is 1.00 bits per heavy atom. The molecular weight excluding hydrogens is 447 g/mol. The first-order valence-electron chi connectivity index (χ1n) is 8.05. The molecule has 0 fully saturated rings. The Hall–Kier alpha value is -3.04. The number of hydrogen-bond donors (Lipinski definition) is 1. The van der Waals surface area contributed by atoms with Crippen LogP contribution in [0.25, 0.3) is 0 Å². The van der Waals surface area contributed by atoms with E-state index in [1.165, 1.54) is 11.8 Å². The van der Waals surface area contributed by atoms with E-state index in [0.717, 1.165) is 16.9 Å². The molecule has 1 heterocycles. The van der Waals surface area contributed by atoms with Gasteiger partial charge in [0.1, 0.15) is 0 Å². The molecule has 0 aliphatic carbocycles. The molecule has 1 amide bonds. The number of thioether (sulfide) groups is 1. The van der Waals surface area contributed by atoms with Crippen molar-refractivity contribution in [1.82, 2.24) is 10.2 Å². The van der Waals surface area contributed by atoms with Gasteiger partial charge >= 0.3 is 0 Å². The van der Waals surface area contributed by atoms with Gasteiger partial charge in [-0.15, -0.1) is 10.2 Å². The fourth-order valence-electron chi connectivity index (χ4n) is 2.27. The third kappa shape index (κ3) is 4.74. The SMILES string of the molecule is N#Cc1ccc(CSc2nnc(NC(=O)Cc3c(F)c(F)c(F)c(F)c3F)s2)cc1. The number of rotatable bonds is 6. The summed E-state index contributed by atoms with van der Waals surface area (Å²) in [5.41, 5.74) is 0.216. The van der Waals surface area contributed by atoms with E-state index in [1.807, 2.05) is 6.07 Å². The normalized spacial score (nSPS) is 10.7. The molecule has 0 aliphatic rings. The highest BCUT2D eigenvalue weighted by atomic mass is 32.2. The molecule has 0 bridgehead atoms. The lowest BCUT2D eigenvalue weighted by Gasteiger charge is -2.07. The largest absolute Gasteiger partial charge is 0.300 e. The number of aromatic nitrogens is 2. The first-order valence-corrected chi connectivity index (χ1v) is 9.86. The average molecular weight is 456 g/mol. The zero-order valence-electron chi connectivity index (χ0n) is 14.7. The predicted octanol–water partition coefficient (Wildman–Crippen LogP) is 4.58. The van der Waals surface area contributed by atoms with E-state index in [0.29, 0.717) is 15.7 Å². The van der Waals surface area contributed by atoms with E-state index < -0.39 is 47.0 Å². The molecule has 0 aliphatic heterocycles. The fraction of sp³-hybridized carbons (Fsp3) is 0.111. The molecule has 30 heavy (non-hydrogen) atoms. The van der Waals surface area contributed by atoms with E-state index in [1.54, 1.807) is 24.3 Å². The van der Waals surface area contributed by atoms with Crippen LogP contribution in [0.1, 0.15) is 16.7 Å². The number of hydrogen-bond acceptors (Lipinski definition) is 6. The molecule has 0 atom stereocenters. The monoisotopic (exact) mass is 456 g/mol. The second-order valence-corrected chi connectivity index (χ2v) is 7.94. The van der Waals surface area contributed by atoms with Gasteiger partial charge in [-0.25, -0.2) is 22.0 Å². The lowest BCUT2D eigenvalue weighted by Crippen LogP contribution is -2.18. The standard InChI is InChI=1S/C18H9F5N4OS2/c19-12-10(13(20)15(22)16(23)14(12)21)5-11(28)25-17-26-27-18(30-17)29-7-9-3-1-8(6-24)2-4-9/h1-4H,5,7H2,(H,25,26,28). The summed E-state index contributed by atoms with van der Waals surface area (Å²) in [6.45, 7) is 0. The summed E-state index contributed by atoms with van der Waals surface area (Å²) in [5.74, 6) is -11.1. The molecular formula is C18H9F5N4OS2. The third-order valence-electron chi connectivity index (χ3n) is 3.74. The molecule has 0 saturated heterocycles. The molecule has 5 nitrogen and oxygen atoms in total. The number of nitriles is 1. The van der Waals surface area contributed by atoms with Crippen LogP contribution in [0, 0.1) is 40.4 Å². The van der Waals surface area contributed by atoms with Gasteiger partial charge in [0.2, 0.25) is 16.9 Å². The minimum atomic E-state index is -2.29. The van der Waals surface area contributed by atoms with Crippen LogP contribution >= 0.6 is 23.1 Å². The van der Waals surface area contributed by atoms with Gasteiger partial charge in [0.25, 0.3) is 0 Å². The smallest absolute Gasteiger partial charge is 0.230 e. The Bertz CT molecular complexity index is 1120. The maximum Gasteiger partial charge on any atom is 0.230 e. The number of carbonyl (C=O) groups is 1. The molecule has 12 heteroatoms. The molecule has 1 N–H and O–H groups in total. The van der Waals surface area contributed by atoms with E-state index in [-0.39, 0.29) is 5.13 Å². The van der Waals surface area contributed by atoms with Crippen LogP contribution in [0.3, 0.4) is 0 Å². The van der Waals surface area contributed by atoms with Crippen molar-refractivity contribution >= 4 is 34.1 Å². The highest BCUT2D eigenvalue weighted by Crippen LogP contribution is 2.29. The van der Waals surface area contributed by atoms with Crippen LogP contribution in [0.4, 0.5) is 27.1 Å². The van der Waals surface area contributed by atoms with E-state index in [2.05, 4.69) is 15.5 Å². The maximum absolute atomic E-state index is 13.7. The molecule has 1 aromatic heterocycles. The molecule has 154 valence electrons. The summed E-state index contributed by atoms with van der Waals surface area (Å²) in [5, 5.41) is 18.5. The van der Waals surface area contributed by atoms with Crippen LogP contribution in [0.15, 0.2) is 28.6 Å².